The molecule has 2 rings (SSSR count). The Morgan fingerprint density at radius 2 is 1.89 bits per heavy atom. The Hall–Kier alpha value is -1.33. The summed E-state index contributed by atoms with van der Waals surface area (Å²) < 4.78 is 1.65. The van der Waals surface area contributed by atoms with Gasteiger partial charge in [-0.25, -0.2) is 0 Å². The van der Waals surface area contributed by atoms with Crippen molar-refractivity contribution in [3.63, 3.8) is 0 Å². The lowest BCUT2D eigenvalue weighted by Crippen LogP contribution is -2.13. The molecule has 0 radical (unpaired) electrons. The maximum Gasteiger partial charge on any atom is 0.256 e. The molecule has 19 heavy (non-hydrogen) atoms. The summed E-state index contributed by atoms with van der Waals surface area (Å²) in [6, 6.07) is 10.8. The Morgan fingerprint density at radius 1 is 1.16 bits per heavy atom. The molecule has 0 aliphatic carbocycles. The van der Waals surface area contributed by atoms with Gasteiger partial charge in [0.25, 0.3) is 5.91 Å². The van der Waals surface area contributed by atoms with E-state index < -0.39 is 0 Å². The Labute approximate surface area is 128 Å². The number of halogens is 2. The minimum absolute atomic E-state index is 0.173. The second kappa shape index (κ2) is 5.75. The highest BCUT2D eigenvalue weighted by molar-refractivity contribution is 9.11. The molecule has 2 aromatic carbocycles. The highest BCUT2D eigenvalue weighted by Crippen LogP contribution is 2.24. The predicted molar refractivity (Wildman–Crippen MR) is 85.4 cm³/mol. The van der Waals surface area contributed by atoms with Gasteiger partial charge in [0.2, 0.25) is 0 Å². The van der Waals surface area contributed by atoms with Crippen molar-refractivity contribution >= 4 is 49.1 Å². The SMILES string of the molecule is Cc1ccc(N)cc1NC(=O)c1ccc(Br)cc1Br. The van der Waals surface area contributed by atoms with Gasteiger partial charge in [-0.1, -0.05) is 22.0 Å². The van der Waals surface area contributed by atoms with Crippen LogP contribution in [-0.2, 0) is 0 Å². The minimum atomic E-state index is -0.173. The van der Waals surface area contributed by atoms with Crippen molar-refractivity contribution in [1.29, 1.82) is 0 Å². The van der Waals surface area contributed by atoms with E-state index in [1.54, 1.807) is 18.2 Å². The zero-order valence-electron chi connectivity index (χ0n) is 10.2. The largest absolute Gasteiger partial charge is 0.399 e. The zero-order valence-corrected chi connectivity index (χ0v) is 13.4. The molecular formula is C14H12Br2N2O. The fourth-order valence-corrected chi connectivity index (χ4v) is 2.86. The average Bonchev–Trinajstić information content (AvgIpc) is 2.33. The van der Waals surface area contributed by atoms with Gasteiger partial charge in [0, 0.05) is 20.3 Å². The highest BCUT2D eigenvalue weighted by Gasteiger charge is 2.11. The molecule has 0 aliphatic heterocycles. The number of anilines is 2. The third kappa shape index (κ3) is 3.36. The quantitative estimate of drug-likeness (QED) is 0.757. The third-order valence-corrected chi connectivity index (χ3v) is 3.83. The Morgan fingerprint density at radius 3 is 2.58 bits per heavy atom. The van der Waals surface area contributed by atoms with Crippen molar-refractivity contribution < 1.29 is 4.79 Å². The molecule has 0 aliphatic rings. The lowest BCUT2D eigenvalue weighted by molar-refractivity contribution is 0.102. The minimum Gasteiger partial charge on any atom is -0.399 e. The first-order valence-corrected chi connectivity index (χ1v) is 7.18. The van der Waals surface area contributed by atoms with Gasteiger partial charge in [-0.2, -0.15) is 0 Å². The molecule has 3 N–H and O–H groups in total. The maximum absolute atomic E-state index is 12.2. The van der Waals surface area contributed by atoms with Gasteiger partial charge in [0.15, 0.2) is 0 Å². The van der Waals surface area contributed by atoms with E-state index in [1.807, 2.05) is 25.1 Å². The van der Waals surface area contributed by atoms with Crippen LogP contribution >= 0.6 is 31.9 Å². The molecule has 0 saturated heterocycles. The molecular weight excluding hydrogens is 372 g/mol. The van der Waals surface area contributed by atoms with Gasteiger partial charge in [0.05, 0.1) is 5.56 Å². The van der Waals surface area contributed by atoms with Crippen LogP contribution in [0, 0.1) is 6.92 Å². The Bertz CT molecular complexity index is 641. The molecule has 0 atom stereocenters. The van der Waals surface area contributed by atoms with Crippen molar-refractivity contribution in [3.05, 3.63) is 56.5 Å². The average molecular weight is 384 g/mol. The molecule has 1 amide bonds. The van der Waals surface area contributed by atoms with Crippen LogP contribution in [0.4, 0.5) is 11.4 Å². The Balaban J connectivity index is 2.28. The number of hydrogen-bond acceptors (Lipinski definition) is 2. The van der Waals surface area contributed by atoms with Gasteiger partial charge in [0.1, 0.15) is 0 Å². The predicted octanol–water partition coefficient (Wildman–Crippen LogP) is 4.35. The van der Waals surface area contributed by atoms with E-state index in [-0.39, 0.29) is 5.91 Å². The van der Waals surface area contributed by atoms with Gasteiger partial charge >= 0.3 is 0 Å². The molecule has 3 nitrogen and oxygen atoms in total. The highest BCUT2D eigenvalue weighted by atomic mass is 79.9. The Kier molecular flexibility index (Phi) is 4.27. The van der Waals surface area contributed by atoms with Crippen LogP contribution in [0.25, 0.3) is 0 Å². The second-order valence-corrected chi connectivity index (χ2v) is 5.92. The summed E-state index contributed by atoms with van der Waals surface area (Å²) in [5, 5.41) is 2.86. The molecule has 98 valence electrons. The number of benzene rings is 2. The number of amides is 1. The number of carbonyl (C=O) groups excluding carboxylic acids is 1. The van der Waals surface area contributed by atoms with Crippen LogP contribution in [-0.4, -0.2) is 5.91 Å². The molecule has 0 aromatic heterocycles. The normalized spacial score (nSPS) is 10.3. The van der Waals surface area contributed by atoms with Crippen molar-refractivity contribution in [2.75, 3.05) is 11.1 Å². The standard InChI is InChI=1S/C14H12Br2N2O/c1-8-2-4-10(17)7-13(8)18-14(19)11-5-3-9(15)6-12(11)16/h2-7H,17H2,1H3,(H,18,19). The number of carbonyl (C=O) groups is 1. The molecule has 0 unspecified atom stereocenters. The number of nitrogen functional groups attached to an aromatic ring is 1. The summed E-state index contributed by atoms with van der Waals surface area (Å²) in [5.74, 6) is -0.173. The lowest BCUT2D eigenvalue weighted by atomic mass is 10.1. The van der Waals surface area contributed by atoms with Crippen LogP contribution in [0.15, 0.2) is 45.3 Å². The molecule has 2 aromatic rings. The van der Waals surface area contributed by atoms with E-state index in [9.17, 15) is 4.79 Å². The zero-order chi connectivity index (χ0) is 14.0. The van der Waals surface area contributed by atoms with E-state index in [0.29, 0.717) is 11.3 Å². The second-order valence-electron chi connectivity index (χ2n) is 4.15. The van der Waals surface area contributed by atoms with E-state index in [0.717, 1.165) is 20.2 Å². The number of rotatable bonds is 2. The van der Waals surface area contributed by atoms with E-state index >= 15 is 0 Å². The first-order chi connectivity index (χ1) is 8.97. The van der Waals surface area contributed by atoms with E-state index in [1.165, 1.54) is 0 Å². The number of nitrogens with two attached hydrogens (primary N) is 1. The van der Waals surface area contributed by atoms with Crippen LogP contribution in [0.2, 0.25) is 0 Å². The first-order valence-electron chi connectivity index (χ1n) is 5.60. The molecule has 0 spiro atoms. The first kappa shape index (κ1) is 14.1. The summed E-state index contributed by atoms with van der Waals surface area (Å²) in [4.78, 5) is 12.2. The van der Waals surface area contributed by atoms with Gasteiger partial charge < -0.3 is 11.1 Å². The number of hydrogen-bond donors (Lipinski definition) is 2. The summed E-state index contributed by atoms with van der Waals surface area (Å²) in [6.07, 6.45) is 0. The summed E-state index contributed by atoms with van der Waals surface area (Å²) in [7, 11) is 0. The van der Waals surface area contributed by atoms with Crippen molar-refractivity contribution in [2.24, 2.45) is 0 Å². The van der Waals surface area contributed by atoms with E-state index in [2.05, 4.69) is 37.2 Å². The van der Waals surface area contributed by atoms with Crippen LogP contribution in [0.5, 0.6) is 0 Å². The summed E-state index contributed by atoms with van der Waals surface area (Å²) in [5.41, 5.74) is 8.61. The number of aryl methyl sites for hydroxylation is 1. The van der Waals surface area contributed by atoms with Crippen LogP contribution in [0.1, 0.15) is 15.9 Å². The smallest absolute Gasteiger partial charge is 0.256 e. The third-order valence-electron chi connectivity index (χ3n) is 2.69. The summed E-state index contributed by atoms with van der Waals surface area (Å²) in [6.45, 7) is 1.92. The fraction of sp³-hybridized carbons (Fsp3) is 0.0714. The fourth-order valence-electron chi connectivity index (χ4n) is 1.64. The molecule has 0 bridgehead atoms. The maximum atomic E-state index is 12.2. The summed E-state index contributed by atoms with van der Waals surface area (Å²) >= 11 is 6.73. The van der Waals surface area contributed by atoms with Crippen molar-refractivity contribution in [3.8, 4) is 0 Å². The monoisotopic (exact) mass is 382 g/mol. The topological polar surface area (TPSA) is 55.1 Å². The van der Waals surface area contributed by atoms with Gasteiger partial charge in [-0.05, 0) is 58.7 Å². The van der Waals surface area contributed by atoms with Gasteiger partial charge in [-0.15, -0.1) is 0 Å². The van der Waals surface area contributed by atoms with E-state index in [4.69, 9.17) is 5.73 Å². The number of nitrogens with one attached hydrogen (secondary N) is 1. The molecule has 0 saturated carbocycles. The van der Waals surface area contributed by atoms with Crippen molar-refractivity contribution in [2.45, 2.75) is 6.92 Å². The molecule has 0 heterocycles. The lowest BCUT2D eigenvalue weighted by Gasteiger charge is -2.10. The van der Waals surface area contributed by atoms with Crippen LogP contribution < -0.4 is 11.1 Å². The van der Waals surface area contributed by atoms with Crippen molar-refractivity contribution in [1.82, 2.24) is 0 Å². The van der Waals surface area contributed by atoms with Crippen LogP contribution in [0.3, 0.4) is 0 Å². The van der Waals surface area contributed by atoms with Gasteiger partial charge in [-0.3, -0.25) is 4.79 Å². The molecule has 5 heteroatoms. The molecule has 0 fully saturated rings.